The Morgan fingerprint density at radius 2 is 2.32 bits per heavy atom. The summed E-state index contributed by atoms with van der Waals surface area (Å²) in [5.41, 5.74) is 5.84. The molecule has 1 amide bonds. The molecule has 0 saturated heterocycles. The van der Waals surface area contributed by atoms with Crippen molar-refractivity contribution in [3.05, 3.63) is 45.8 Å². The molecule has 0 atom stereocenters. The van der Waals surface area contributed by atoms with E-state index in [2.05, 4.69) is 20.5 Å². The molecular formula is C10H10N6O3. The van der Waals surface area contributed by atoms with Crippen LogP contribution < -0.4 is 11.1 Å². The second kappa shape index (κ2) is 5.12. The molecule has 0 aliphatic heterocycles. The smallest absolute Gasteiger partial charge is 0.288 e. The van der Waals surface area contributed by atoms with Gasteiger partial charge in [-0.25, -0.2) is 0 Å². The van der Waals surface area contributed by atoms with Gasteiger partial charge in [0.05, 0.1) is 4.92 Å². The van der Waals surface area contributed by atoms with Crippen molar-refractivity contribution in [1.82, 2.24) is 20.5 Å². The third-order valence-corrected chi connectivity index (χ3v) is 2.29. The van der Waals surface area contributed by atoms with Crippen molar-refractivity contribution in [3.8, 4) is 0 Å². The van der Waals surface area contributed by atoms with Crippen molar-refractivity contribution < 1.29 is 9.72 Å². The number of aromatic amines is 1. The first-order valence-electron chi connectivity index (χ1n) is 5.25. The van der Waals surface area contributed by atoms with E-state index in [1.54, 1.807) is 12.1 Å². The van der Waals surface area contributed by atoms with Crippen LogP contribution in [0.15, 0.2) is 24.3 Å². The third kappa shape index (κ3) is 3.03. The van der Waals surface area contributed by atoms with Crippen LogP contribution in [0.4, 0.5) is 11.6 Å². The first kappa shape index (κ1) is 12.5. The fourth-order valence-electron chi connectivity index (χ4n) is 1.42. The number of nitro groups is 1. The molecule has 1 heterocycles. The van der Waals surface area contributed by atoms with Crippen LogP contribution in [0.2, 0.25) is 0 Å². The van der Waals surface area contributed by atoms with Gasteiger partial charge in [-0.05, 0) is 5.56 Å². The third-order valence-electron chi connectivity index (χ3n) is 2.29. The number of carbonyl (C=O) groups is 1. The Bertz CT molecular complexity index is 623. The van der Waals surface area contributed by atoms with Gasteiger partial charge in [-0.2, -0.15) is 4.98 Å². The number of non-ortho nitro benzene ring substituents is 1. The summed E-state index contributed by atoms with van der Waals surface area (Å²) in [6.45, 7) is 0.140. The van der Waals surface area contributed by atoms with E-state index >= 15 is 0 Å². The highest BCUT2D eigenvalue weighted by molar-refractivity contribution is 5.90. The van der Waals surface area contributed by atoms with E-state index in [0.717, 1.165) is 0 Å². The van der Waals surface area contributed by atoms with Crippen LogP contribution in [-0.4, -0.2) is 26.0 Å². The predicted octanol–water partition coefficient (Wildman–Crippen LogP) is 0.225. The van der Waals surface area contributed by atoms with Gasteiger partial charge in [0, 0.05) is 18.7 Å². The van der Waals surface area contributed by atoms with Gasteiger partial charge in [0.1, 0.15) is 0 Å². The molecule has 0 radical (unpaired) electrons. The van der Waals surface area contributed by atoms with E-state index in [9.17, 15) is 14.9 Å². The van der Waals surface area contributed by atoms with Crippen molar-refractivity contribution in [2.75, 3.05) is 5.73 Å². The van der Waals surface area contributed by atoms with Crippen molar-refractivity contribution in [2.45, 2.75) is 6.54 Å². The van der Waals surface area contributed by atoms with Gasteiger partial charge in [0.2, 0.25) is 11.8 Å². The van der Waals surface area contributed by atoms with Crippen LogP contribution in [0.1, 0.15) is 16.2 Å². The molecule has 19 heavy (non-hydrogen) atoms. The van der Waals surface area contributed by atoms with Crippen LogP contribution in [0.3, 0.4) is 0 Å². The number of amides is 1. The number of nitrogens with one attached hydrogen (secondary N) is 2. The molecule has 1 aromatic heterocycles. The van der Waals surface area contributed by atoms with E-state index < -0.39 is 10.8 Å². The normalized spacial score (nSPS) is 10.1. The lowest BCUT2D eigenvalue weighted by Gasteiger charge is -2.02. The molecule has 0 unspecified atom stereocenters. The zero-order valence-electron chi connectivity index (χ0n) is 9.66. The Hall–Kier alpha value is -2.97. The first-order valence-corrected chi connectivity index (χ1v) is 5.25. The maximum atomic E-state index is 11.6. The number of nitrogens with zero attached hydrogens (tertiary/aromatic N) is 3. The number of benzene rings is 1. The highest BCUT2D eigenvalue weighted by Crippen LogP contribution is 2.12. The number of H-pyrrole nitrogens is 1. The Labute approximate surface area is 107 Å². The monoisotopic (exact) mass is 262 g/mol. The molecular weight excluding hydrogens is 252 g/mol. The van der Waals surface area contributed by atoms with Crippen LogP contribution in [0.25, 0.3) is 0 Å². The zero-order valence-corrected chi connectivity index (χ0v) is 9.66. The molecule has 2 rings (SSSR count). The molecule has 0 spiro atoms. The topological polar surface area (TPSA) is 140 Å². The van der Waals surface area contributed by atoms with Gasteiger partial charge >= 0.3 is 0 Å². The van der Waals surface area contributed by atoms with Gasteiger partial charge in [-0.1, -0.05) is 12.1 Å². The molecule has 9 nitrogen and oxygen atoms in total. The number of rotatable bonds is 4. The lowest BCUT2D eigenvalue weighted by Crippen LogP contribution is -2.24. The number of carbonyl (C=O) groups excluding carboxylic acids is 1. The summed E-state index contributed by atoms with van der Waals surface area (Å²) >= 11 is 0. The average Bonchev–Trinajstić information content (AvgIpc) is 2.83. The lowest BCUT2D eigenvalue weighted by atomic mass is 10.2. The standard InChI is InChI=1S/C10H10N6O3/c11-10-13-8(14-15-10)9(17)12-5-6-2-1-3-7(4-6)16(18)19/h1-4H,5H2,(H,12,17)(H3,11,13,14,15). The van der Waals surface area contributed by atoms with Crippen molar-refractivity contribution in [3.63, 3.8) is 0 Å². The van der Waals surface area contributed by atoms with Crippen LogP contribution in [0.5, 0.6) is 0 Å². The Kier molecular flexibility index (Phi) is 3.37. The molecule has 98 valence electrons. The number of hydrogen-bond acceptors (Lipinski definition) is 6. The van der Waals surface area contributed by atoms with E-state index in [1.165, 1.54) is 12.1 Å². The van der Waals surface area contributed by atoms with E-state index in [0.29, 0.717) is 5.56 Å². The summed E-state index contributed by atoms with van der Waals surface area (Å²) in [5, 5.41) is 19.0. The van der Waals surface area contributed by atoms with Crippen molar-refractivity contribution in [2.24, 2.45) is 0 Å². The number of aromatic nitrogens is 3. The Balaban J connectivity index is 2.01. The van der Waals surface area contributed by atoms with E-state index in [-0.39, 0.29) is 24.0 Å². The summed E-state index contributed by atoms with van der Waals surface area (Å²) < 4.78 is 0. The highest BCUT2D eigenvalue weighted by Gasteiger charge is 2.11. The number of hydrogen-bond donors (Lipinski definition) is 3. The second-order valence-electron chi connectivity index (χ2n) is 3.65. The quantitative estimate of drug-likeness (QED) is 0.532. The fraction of sp³-hybridized carbons (Fsp3) is 0.100. The van der Waals surface area contributed by atoms with Gasteiger partial charge < -0.3 is 11.1 Å². The van der Waals surface area contributed by atoms with Gasteiger partial charge in [0.15, 0.2) is 0 Å². The highest BCUT2D eigenvalue weighted by atomic mass is 16.6. The fourth-order valence-corrected chi connectivity index (χ4v) is 1.42. The molecule has 0 aliphatic rings. The molecule has 0 saturated carbocycles. The van der Waals surface area contributed by atoms with Gasteiger partial charge in [-0.15, -0.1) is 5.10 Å². The minimum absolute atomic E-state index is 0.0112. The summed E-state index contributed by atoms with van der Waals surface area (Å²) in [6.07, 6.45) is 0. The summed E-state index contributed by atoms with van der Waals surface area (Å²) in [5.74, 6) is -0.529. The van der Waals surface area contributed by atoms with Crippen LogP contribution in [0, 0.1) is 10.1 Å². The maximum absolute atomic E-state index is 11.6. The average molecular weight is 262 g/mol. The molecule has 0 bridgehead atoms. The molecule has 0 fully saturated rings. The molecule has 1 aromatic carbocycles. The number of nitrogens with two attached hydrogens (primary N) is 1. The first-order chi connectivity index (χ1) is 9.06. The van der Waals surface area contributed by atoms with Crippen molar-refractivity contribution >= 4 is 17.5 Å². The molecule has 0 aliphatic carbocycles. The van der Waals surface area contributed by atoms with Crippen LogP contribution >= 0.6 is 0 Å². The zero-order chi connectivity index (χ0) is 13.8. The van der Waals surface area contributed by atoms with E-state index in [1.807, 2.05) is 0 Å². The van der Waals surface area contributed by atoms with Gasteiger partial charge in [-0.3, -0.25) is 20.0 Å². The molecule has 9 heteroatoms. The van der Waals surface area contributed by atoms with Gasteiger partial charge in [0.25, 0.3) is 11.6 Å². The van der Waals surface area contributed by atoms with Crippen LogP contribution in [-0.2, 0) is 6.54 Å². The maximum Gasteiger partial charge on any atom is 0.288 e. The largest absolute Gasteiger partial charge is 0.366 e. The number of nitrogen functional groups attached to an aromatic ring is 1. The summed E-state index contributed by atoms with van der Waals surface area (Å²) in [6, 6.07) is 5.98. The molecule has 2 aromatic rings. The van der Waals surface area contributed by atoms with E-state index in [4.69, 9.17) is 5.73 Å². The minimum atomic E-state index is -0.498. The SMILES string of the molecule is Nc1n[nH]c(C(=O)NCc2cccc([N+](=O)[O-])c2)n1. The second-order valence-corrected chi connectivity index (χ2v) is 3.65. The van der Waals surface area contributed by atoms with Crippen molar-refractivity contribution in [1.29, 1.82) is 0 Å². The Morgan fingerprint density at radius 3 is 2.95 bits per heavy atom. The summed E-state index contributed by atoms with van der Waals surface area (Å²) in [7, 11) is 0. The predicted molar refractivity (Wildman–Crippen MR) is 65.1 cm³/mol. The Morgan fingerprint density at radius 1 is 1.53 bits per heavy atom. The molecule has 4 N–H and O–H groups in total. The minimum Gasteiger partial charge on any atom is -0.366 e. The number of nitro benzene ring substituents is 1. The lowest BCUT2D eigenvalue weighted by molar-refractivity contribution is -0.384. The summed E-state index contributed by atoms with van der Waals surface area (Å²) in [4.78, 5) is 25.4. The number of anilines is 1.